The highest BCUT2D eigenvalue weighted by molar-refractivity contribution is 5.99. The van der Waals surface area contributed by atoms with E-state index in [2.05, 4.69) is 0 Å². The minimum absolute atomic E-state index is 0.176. The molecular formula is C14H9O3. The third kappa shape index (κ3) is 2.08. The third-order valence-electron chi connectivity index (χ3n) is 2.48. The lowest BCUT2D eigenvalue weighted by Crippen LogP contribution is -2.00. The summed E-state index contributed by atoms with van der Waals surface area (Å²) in [5, 5.41) is 9.09. The first-order valence-corrected chi connectivity index (χ1v) is 5.04. The Morgan fingerprint density at radius 3 is 2.18 bits per heavy atom. The SMILES string of the molecule is O=[C]c1ccccc1-c1ccccc1C(=O)O. The quantitative estimate of drug-likeness (QED) is 0.873. The van der Waals surface area contributed by atoms with Crippen molar-refractivity contribution in [1.29, 1.82) is 0 Å². The highest BCUT2D eigenvalue weighted by atomic mass is 16.4. The van der Waals surface area contributed by atoms with Crippen LogP contribution in [-0.4, -0.2) is 17.4 Å². The second-order valence-electron chi connectivity index (χ2n) is 3.50. The minimum Gasteiger partial charge on any atom is -0.478 e. The second kappa shape index (κ2) is 4.61. The zero-order valence-electron chi connectivity index (χ0n) is 8.88. The van der Waals surface area contributed by atoms with Crippen molar-refractivity contribution >= 4 is 12.3 Å². The molecule has 0 aliphatic carbocycles. The normalized spacial score (nSPS) is 9.88. The summed E-state index contributed by atoms with van der Waals surface area (Å²) < 4.78 is 0. The van der Waals surface area contributed by atoms with Gasteiger partial charge < -0.3 is 5.11 Å². The van der Waals surface area contributed by atoms with Crippen molar-refractivity contribution in [2.24, 2.45) is 0 Å². The molecule has 0 unspecified atom stereocenters. The third-order valence-corrected chi connectivity index (χ3v) is 2.48. The summed E-state index contributed by atoms with van der Waals surface area (Å²) in [6, 6.07) is 13.4. The van der Waals surface area contributed by atoms with E-state index in [1.54, 1.807) is 42.5 Å². The monoisotopic (exact) mass is 225 g/mol. The van der Waals surface area contributed by atoms with Gasteiger partial charge in [0.15, 0.2) is 0 Å². The Morgan fingerprint density at radius 1 is 0.941 bits per heavy atom. The summed E-state index contributed by atoms with van der Waals surface area (Å²) in [7, 11) is 0. The molecule has 0 heterocycles. The van der Waals surface area contributed by atoms with Gasteiger partial charge in [-0.05, 0) is 17.2 Å². The van der Waals surface area contributed by atoms with Crippen LogP contribution in [0.15, 0.2) is 48.5 Å². The van der Waals surface area contributed by atoms with E-state index in [1.165, 1.54) is 6.07 Å². The van der Waals surface area contributed by atoms with Crippen molar-refractivity contribution in [2.45, 2.75) is 0 Å². The van der Waals surface area contributed by atoms with Gasteiger partial charge in [-0.3, -0.25) is 4.79 Å². The Kier molecular flexibility index (Phi) is 3.01. The van der Waals surface area contributed by atoms with Gasteiger partial charge in [0.1, 0.15) is 0 Å². The van der Waals surface area contributed by atoms with Gasteiger partial charge in [-0.25, -0.2) is 4.79 Å². The standard InChI is InChI=1S/C14H9O3/c15-9-10-5-1-2-6-11(10)12-7-3-4-8-13(12)14(16)17/h1-8H,(H,16,17). The molecule has 0 saturated carbocycles. The molecule has 0 spiro atoms. The Labute approximate surface area is 98.3 Å². The van der Waals surface area contributed by atoms with Crippen LogP contribution in [0.1, 0.15) is 15.9 Å². The smallest absolute Gasteiger partial charge is 0.336 e. The minimum atomic E-state index is -1.01. The number of aromatic carboxylic acids is 1. The van der Waals surface area contributed by atoms with Crippen LogP contribution >= 0.6 is 0 Å². The number of hydrogen-bond acceptors (Lipinski definition) is 2. The van der Waals surface area contributed by atoms with E-state index in [9.17, 15) is 9.59 Å². The summed E-state index contributed by atoms with van der Waals surface area (Å²) in [5.41, 5.74) is 1.65. The number of benzene rings is 2. The summed E-state index contributed by atoms with van der Waals surface area (Å²) in [6.07, 6.45) is 1.82. The maximum absolute atomic E-state index is 11.1. The van der Waals surface area contributed by atoms with Gasteiger partial charge in [0.2, 0.25) is 6.29 Å². The summed E-state index contributed by atoms with van der Waals surface area (Å²) in [4.78, 5) is 21.9. The molecule has 0 atom stereocenters. The average molecular weight is 225 g/mol. The van der Waals surface area contributed by atoms with Crippen LogP contribution in [0.3, 0.4) is 0 Å². The van der Waals surface area contributed by atoms with Gasteiger partial charge in [0, 0.05) is 5.56 Å². The molecule has 2 rings (SSSR count). The molecule has 2 aromatic rings. The fraction of sp³-hybridized carbons (Fsp3) is 0. The number of carboxylic acids is 1. The average Bonchev–Trinajstić information content (AvgIpc) is 2.38. The van der Waals surface area contributed by atoms with E-state index in [0.29, 0.717) is 16.7 Å². The fourth-order valence-corrected chi connectivity index (χ4v) is 1.71. The molecule has 2 aromatic carbocycles. The maximum atomic E-state index is 11.1. The lowest BCUT2D eigenvalue weighted by Gasteiger charge is -2.07. The van der Waals surface area contributed by atoms with Gasteiger partial charge in [0.05, 0.1) is 5.56 Å². The molecule has 0 bridgehead atoms. The first-order chi connectivity index (χ1) is 8.24. The molecule has 83 valence electrons. The van der Waals surface area contributed by atoms with Crippen LogP contribution in [-0.2, 0) is 4.79 Å². The van der Waals surface area contributed by atoms with Gasteiger partial charge in [-0.2, -0.15) is 0 Å². The van der Waals surface area contributed by atoms with Crippen molar-refractivity contribution < 1.29 is 14.7 Å². The molecule has 0 fully saturated rings. The Balaban J connectivity index is 2.68. The van der Waals surface area contributed by atoms with Crippen LogP contribution in [0.5, 0.6) is 0 Å². The van der Waals surface area contributed by atoms with Gasteiger partial charge in [-0.1, -0.05) is 42.5 Å². The van der Waals surface area contributed by atoms with Gasteiger partial charge in [0.25, 0.3) is 0 Å². The van der Waals surface area contributed by atoms with Gasteiger partial charge in [-0.15, -0.1) is 0 Å². The van der Waals surface area contributed by atoms with E-state index in [1.807, 2.05) is 6.29 Å². The lowest BCUT2D eigenvalue weighted by atomic mass is 9.96. The van der Waals surface area contributed by atoms with Crippen molar-refractivity contribution in [3.05, 3.63) is 59.7 Å². The molecule has 3 heteroatoms. The largest absolute Gasteiger partial charge is 0.478 e. The van der Waals surface area contributed by atoms with Crippen LogP contribution in [0, 0.1) is 0 Å². The maximum Gasteiger partial charge on any atom is 0.336 e. The zero-order chi connectivity index (χ0) is 12.3. The predicted molar refractivity (Wildman–Crippen MR) is 63.6 cm³/mol. The molecule has 1 radical (unpaired) electrons. The van der Waals surface area contributed by atoms with E-state index in [-0.39, 0.29) is 5.56 Å². The van der Waals surface area contributed by atoms with Crippen LogP contribution < -0.4 is 0 Å². The zero-order valence-corrected chi connectivity index (χ0v) is 8.88. The van der Waals surface area contributed by atoms with E-state index in [4.69, 9.17) is 5.11 Å². The second-order valence-corrected chi connectivity index (χ2v) is 3.50. The molecule has 0 aromatic heterocycles. The molecule has 17 heavy (non-hydrogen) atoms. The van der Waals surface area contributed by atoms with Crippen molar-refractivity contribution in [2.75, 3.05) is 0 Å². The summed E-state index contributed by atoms with van der Waals surface area (Å²) in [5.74, 6) is -1.01. The molecule has 1 N–H and O–H groups in total. The molecule has 0 saturated heterocycles. The molecule has 0 aliphatic rings. The summed E-state index contributed by atoms with van der Waals surface area (Å²) >= 11 is 0. The molecular weight excluding hydrogens is 216 g/mol. The van der Waals surface area contributed by atoms with Crippen molar-refractivity contribution in [3.8, 4) is 11.1 Å². The molecule has 0 aliphatic heterocycles. The first kappa shape index (κ1) is 11.1. The van der Waals surface area contributed by atoms with Crippen molar-refractivity contribution in [3.63, 3.8) is 0 Å². The van der Waals surface area contributed by atoms with E-state index >= 15 is 0 Å². The van der Waals surface area contributed by atoms with E-state index in [0.717, 1.165) is 0 Å². The number of carboxylic acid groups (broad SMARTS) is 1. The Morgan fingerprint density at radius 2 is 1.53 bits per heavy atom. The van der Waals surface area contributed by atoms with Crippen LogP contribution in [0.25, 0.3) is 11.1 Å². The lowest BCUT2D eigenvalue weighted by molar-refractivity contribution is 0.0697. The number of carbonyl (C=O) groups excluding carboxylic acids is 1. The topological polar surface area (TPSA) is 54.4 Å². The number of rotatable bonds is 3. The molecule has 0 amide bonds. The van der Waals surface area contributed by atoms with Crippen molar-refractivity contribution in [1.82, 2.24) is 0 Å². The first-order valence-electron chi connectivity index (χ1n) is 5.04. The number of hydrogen-bond donors (Lipinski definition) is 1. The van der Waals surface area contributed by atoms with E-state index < -0.39 is 5.97 Å². The predicted octanol–water partition coefficient (Wildman–Crippen LogP) is 2.51. The number of carbonyl (C=O) groups is 1. The van der Waals surface area contributed by atoms with Crippen LogP contribution in [0.2, 0.25) is 0 Å². The summed E-state index contributed by atoms with van der Waals surface area (Å²) in [6.45, 7) is 0. The van der Waals surface area contributed by atoms with Gasteiger partial charge >= 0.3 is 5.97 Å². The van der Waals surface area contributed by atoms with Crippen LogP contribution in [0.4, 0.5) is 0 Å². The fourth-order valence-electron chi connectivity index (χ4n) is 1.71. The highest BCUT2D eigenvalue weighted by Gasteiger charge is 2.13. The molecule has 3 nitrogen and oxygen atoms in total. The Hall–Kier alpha value is -2.42. The Bertz CT molecular complexity index is 573. The highest BCUT2D eigenvalue weighted by Crippen LogP contribution is 2.26.